The molecule has 0 unspecified atom stereocenters. The molecule has 0 heterocycles. The van der Waals surface area contributed by atoms with Crippen LogP contribution in [0.1, 0.15) is 90.0 Å². The van der Waals surface area contributed by atoms with Crippen molar-refractivity contribution in [1.29, 1.82) is 0 Å². The van der Waals surface area contributed by atoms with Crippen molar-refractivity contribution in [3.8, 4) is 5.75 Å². The van der Waals surface area contributed by atoms with Gasteiger partial charge in [0.2, 0.25) is 0 Å². The number of ether oxygens (including phenoxy) is 2. The number of esters is 2. The van der Waals surface area contributed by atoms with Crippen molar-refractivity contribution in [3.05, 3.63) is 29.8 Å². The van der Waals surface area contributed by atoms with Crippen LogP contribution >= 0.6 is 0 Å². The van der Waals surface area contributed by atoms with Crippen LogP contribution in [0.25, 0.3) is 0 Å². The monoisotopic (exact) mass is 376 g/mol. The van der Waals surface area contributed by atoms with E-state index < -0.39 is 0 Å². The Hall–Kier alpha value is -1.84. The average Bonchev–Trinajstić information content (AvgIpc) is 2.67. The molecule has 0 fully saturated rings. The molecule has 0 saturated carbocycles. The first-order valence-corrected chi connectivity index (χ1v) is 10.6. The van der Waals surface area contributed by atoms with Gasteiger partial charge in [0.1, 0.15) is 5.75 Å². The van der Waals surface area contributed by atoms with Crippen molar-refractivity contribution in [2.24, 2.45) is 0 Å². The molecule has 0 radical (unpaired) electrons. The summed E-state index contributed by atoms with van der Waals surface area (Å²) >= 11 is 0. The molecule has 1 aromatic carbocycles. The standard InChI is InChI=1S/C23H36O4/c1-3-5-14-19-26-22(24)17-10-8-6-7-9-11-18-23(25)27-21-16-13-12-15-20(21)4-2/h12-13,15-16H,3-11,14,17-19H2,1-2H3. The molecule has 0 atom stereocenters. The van der Waals surface area contributed by atoms with Crippen LogP contribution in [0.5, 0.6) is 5.75 Å². The van der Waals surface area contributed by atoms with Crippen molar-refractivity contribution in [1.82, 2.24) is 0 Å². The second-order valence-electron chi connectivity index (χ2n) is 6.98. The van der Waals surface area contributed by atoms with Crippen LogP contribution in [0.15, 0.2) is 24.3 Å². The Morgan fingerprint density at radius 3 is 2.07 bits per heavy atom. The highest BCUT2D eigenvalue weighted by Crippen LogP contribution is 2.19. The Kier molecular flexibility index (Phi) is 13.1. The van der Waals surface area contributed by atoms with E-state index in [0.717, 1.165) is 69.8 Å². The van der Waals surface area contributed by atoms with Crippen LogP contribution in [0.4, 0.5) is 0 Å². The molecule has 0 N–H and O–H groups in total. The highest BCUT2D eigenvalue weighted by atomic mass is 16.5. The second-order valence-corrected chi connectivity index (χ2v) is 6.98. The summed E-state index contributed by atoms with van der Waals surface area (Å²) in [6.45, 7) is 4.75. The van der Waals surface area contributed by atoms with Crippen LogP contribution in [-0.4, -0.2) is 18.5 Å². The van der Waals surface area contributed by atoms with Gasteiger partial charge in [-0.15, -0.1) is 0 Å². The summed E-state index contributed by atoms with van der Waals surface area (Å²) in [6, 6.07) is 7.69. The van der Waals surface area contributed by atoms with E-state index in [0.29, 0.717) is 25.2 Å². The van der Waals surface area contributed by atoms with Crippen molar-refractivity contribution >= 4 is 11.9 Å². The maximum absolute atomic E-state index is 11.9. The summed E-state index contributed by atoms with van der Waals surface area (Å²) in [5.41, 5.74) is 1.06. The average molecular weight is 377 g/mol. The lowest BCUT2D eigenvalue weighted by atomic mass is 10.1. The zero-order valence-electron chi connectivity index (χ0n) is 17.1. The van der Waals surface area contributed by atoms with Gasteiger partial charge in [-0.1, -0.05) is 70.6 Å². The predicted octanol–water partition coefficient (Wildman–Crippen LogP) is 6.01. The first-order valence-electron chi connectivity index (χ1n) is 10.6. The number of unbranched alkanes of at least 4 members (excludes halogenated alkanes) is 7. The fourth-order valence-electron chi connectivity index (χ4n) is 2.93. The number of hydrogen-bond donors (Lipinski definition) is 0. The van der Waals surface area contributed by atoms with Gasteiger partial charge < -0.3 is 9.47 Å². The Labute approximate surface area is 164 Å². The molecule has 0 aromatic heterocycles. The van der Waals surface area contributed by atoms with Gasteiger partial charge in [0.15, 0.2) is 0 Å². The fraction of sp³-hybridized carbons (Fsp3) is 0.652. The third-order valence-corrected chi connectivity index (χ3v) is 4.60. The van der Waals surface area contributed by atoms with Gasteiger partial charge in [-0.25, -0.2) is 0 Å². The number of benzene rings is 1. The van der Waals surface area contributed by atoms with Crippen LogP contribution in [0, 0.1) is 0 Å². The zero-order valence-corrected chi connectivity index (χ0v) is 17.1. The molecule has 0 aliphatic carbocycles. The predicted molar refractivity (Wildman–Crippen MR) is 109 cm³/mol. The second kappa shape index (κ2) is 15.2. The molecule has 1 aromatic rings. The van der Waals surface area contributed by atoms with Crippen molar-refractivity contribution < 1.29 is 19.1 Å². The summed E-state index contributed by atoms with van der Waals surface area (Å²) in [4.78, 5) is 23.5. The maximum atomic E-state index is 11.9. The van der Waals surface area contributed by atoms with E-state index in [-0.39, 0.29) is 11.9 Å². The Morgan fingerprint density at radius 2 is 1.41 bits per heavy atom. The molecule has 152 valence electrons. The first kappa shape index (κ1) is 23.2. The molecular weight excluding hydrogens is 340 g/mol. The molecule has 0 bridgehead atoms. The number of rotatable bonds is 15. The summed E-state index contributed by atoms with van der Waals surface area (Å²) in [5, 5.41) is 0. The summed E-state index contributed by atoms with van der Waals surface area (Å²) in [7, 11) is 0. The highest BCUT2D eigenvalue weighted by molar-refractivity contribution is 5.72. The van der Waals surface area contributed by atoms with Crippen molar-refractivity contribution in [2.75, 3.05) is 6.61 Å². The third kappa shape index (κ3) is 11.5. The minimum absolute atomic E-state index is 0.0683. The maximum Gasteiger partial charge on any atom is 0.311 e. The number of carbonyl (C=O) groups is 2. The van der Waals surface area contributed by atoms with E-state index in [2.05, 4.69) is 13.8 Å². The summed E-state index contributed by atoms with van der Waals surface area (Å²) < 4.78 is 10.7. The van der Waals surface area contributed by atoms with E-state index in [1.165, 1.54) is 0 Å². The Bertz CT molecular complexity index is 539. The van der Waals surface area contributed by atoms with Gasteiger partial charge in [0.25, 0.3) is 0 Å². The highest BCUT2D eigenvalue weighted by Gasteiger charge is 2.08. The lowest BCUT2D eigenvalue weighted by molar-refractivity contribution is -0.144. The van der Waals surface area contributed by atoms with E-state index in [4.69, 9.17) is 9.47 Å². The minimum atomic E-state index is -0.151. The van der Waals surface area contributed by atoms with E-state index in [1.807, 2.05) is 24.3 Å². The molecule has 27 heavy (non-hydrogen) atoms. The van der Waals surface area contributed by atoms with E-state index >= 15 is 0 Å². The summed E-state index contributed by atoms with van der Waals surface area (Å²) in [5.74, 6) is 0.467. The lowest BCUT2D eigenvalue weighted by Gasteiger charge is -2.08. The fourth-order valence-corrected chi connectivity index (χ4v) is 2.93. The number of hydrogen-bond acceptors (Lipinski definition) is 4. The molecular formula is C23H36O4. The molecule has 0 amide bonds. The molecule has 0 aliphatic rings. The summed E-state index contributed by atoms with van der Waals surface area (Å²) in [6.07, 6.45) is 11.1. The quantitative estimate of drug-likeness (QED) is 0.214. The number of aryl methyl sites for hydroxylation is 1. The van der Waals surface area contributed by atoms with Gasteiger partial charge in [-0.3, -0.25) is 9.59 Å². The largest absolute Gasteiger partial charge is 0.466 e. The van der Waals surface area contributed by atoms with Gasteiger partial charge >= 0.3 is 11.9 Å². The first-order chi connectivity index (χ1) is 13.2. The van der Waals surface area contributed by atoms with Crippen molar-refractivity contribution in [2.45, 2.75) is 90.9 Å². The van der Waals surface area contributed by atoms with Crippen LogP contribution < -0.4 is 4.74 Å². The SMILES string of the molecule is CCCCCOC(=O)CCCCCCCCC(=O)Oc1ccccc1CC. The van der Waals surface area contributed by atoms with E-state index in [1.54, 1.807) is 0 Å². The molecule has 0 saturated heterocycles. The molecule has 0 aliphatic heterocycles. The smallest absolute Gasteiger partial charge is 0.311 e. The molecule has 4 heteroatoms. The Morgan fingerprint density at radius 1 is 0.778 bits per heavy atom. The van der Waals surface area contributed by atoms with E-state index in [9.17, 15) is 9.59 Å². The topological polar surface area (TPSA) is 52.6 Å². The minimum Gasteiger partial charge on any atom is -0.466 e. The number of para-hydroxylation sites is 1. The molecule has 0 spiro atoms. The molecule has 4 nitrogen and oxygen atoms in total. The van der Waals surface area contributed by atoms with Crippen LogP contribution in [-0.2, 0) is 20.7 Å². The normalized spacial score (nSPS) is 10.6. The van der Waals surface area contributed by atoms with Gasteiger partial charge in [0.05, 0.1) is 6.61 Å². The Balaban J connectivity index is 1.98. The zero-order chi connectivity index (χ0) is 19.7. The number of carbonyl (C=O) groups excluding carboxylic acids is 2. The third-order valence-electron chi connectivity index (χ3n) is 4.60. The van der Waals surface area contributed by atoms with Gasteiger partial charge in [-0.2, -0.15) is 0 Å². The lowest BCUT2D eigenvalue weighted by Crippen LogP contribution is -2.08. The van der Waals surface area contributed by atoms with Gasteiger partial charge in [-0.05, 0) is 37.3 Å². The van der Waals surface area contributed by atoms with Gasteiger partial charge in [0, 0.05) is 12.8 Å². The van der Waals surface area contributed by atoms with Crippen molar-refractivity contribution in [3.63, 3.8) is 0 Å². The molecule has 1 rings (SSSR count). The van der Waals surface area contributed by atoms with Crippen LogP contribution in [0.3, 0.4) is 0 Å². The van der Waals surface area contributed by atoms with Crippen LogP contribution in [0.2, 0.25) is 0 Å².